The summed E-state index contributed by atoms with van der Waals surface area (Å²) >= 11 is 1.57. The highest BCUT2D eigenvalue weighted by atomic mass is 32.1. The molecule has 0 fully saturated rings. The molecular weight excluding hydrogens is 330 g/mol. The molecule has 0 aliphatic rings. The van der Waals surface area contributed by atoms with Gasteiger partial charge in [-0.3, -0.25) is 4.90 Å². The summed E-state index contributed by atoms with van der Waals surface area (Å²) in [5.41, 5.74) is 3.63. The molecule has 6 heteroatoms. The van der Waals surface area contributed by atoms with Crippen LogP contribution in [0, 0.1) is 6.92 Å². The summed E-state index contributed by atoms with van der Waals surface area (Å²) < 4.78 is 1.86. The van der Waals surface area contributed by atoms with Crippen LogP contribution in [0.25, 0.3) is 15.5 Å². The van der Waals surface area contributed by atoms with E-state index in [0.29, 0.717) is 6.54 Å². The summed E-state index contributed by atoms with van der Waals surface area (Å²) in [4.78, 5) is 3.05. The molecule has 126 valence electrons. The van der Waals surface area contributed by atoms with Crippen molar-refractivity contribution >= 4 is 16.3 Å². The quantitative estimate of drug-likeness (QED) is 0.550. The molecule has 0 bridgehead atoms. The summed E-state index contributed by atoms with van der Waals surface area (Å²) in [6, 6.07) is 18.8. The van der Waals surface area contributed by atoms with Crippen LogP contribution in [0.1, 0.15) is 17.0 Å². The van der Waals surface area contributed by atoms with Gasteiger partial charge < -0.3 is 0 Å². The van der Waals surface area contributed by atoms with E-state index in [1.165, 1.54) is 11.1 Å². The van der Waals surface area contributed by atoms with Crippen LogP contribution in [0.2, 0.25) is 0 Å². The zero-order chi connectivity index (χ0) is 17.2. The number of aryl methyl sites for hydroxylation is 1. The minimum atomic E-state index is 0.701. The number of nitrogens with zero attached hydrogens (tertiary/aromatic N) is 5. The minimum absolute atomic E-state index is 0.701. The highest BCUT2D eigenvalue weighted by Crippen LogP contribution is 2.26. The molecule has 0 atom stereocenters. The fourth-order valence-electron chi connectivity index (χ4n) is 2.84. The second-order valence-corrected chi connectivity index (χ2v) is 7.20. The van der Waals surface area contributed by atoms with E-state index >= 15 is 0 Å². The molecule has 5 nitrogen and oxygen atoms in total. The van der Waals surface area contributed by atoms with Crippen molar-refractivity contribution in [3.63, 3.8) is 0 Å². The molecule has 0 saturated carbocycles. The van der Waals surface area contributed by atoms with Gasteiger partial charge in [-0.05, 0) is 25.6 Å². The SMILES string of the molecule is Cc1cccc(-c2nn3c(CN(C)Cc4ccccc4)nnc3s2)c1. The van der Waals surface area contributed by atoms with E-state index in [0.717, 1.165) is 27.9 Å². The predicted molar refractivity (Wildman–Crippen MR) is 100 cm³/mol. The number of aromatic nitrogens is 4. The van der Waals surface area contributed by atoms with Crippen molar-refractivity contribution in [2.24, 2.45) is 0 Å². The van der Waals surface area contributed by atoms with E-state index in [1.54, 1.807) is 11.3 Å². The van der Waals surface area contributed by atoms with Gasteiger partial charge in [-0.25, -0.2) is 0 Å². The third-order valence-electron chi connectivity index (χ3n) is 4.03. The van der Waals surface area contributed by atoms with Crippen LogP contribution in [0.15, 0.2) is 54.6 Å². The zero-order valence-electron chi connectivity index (χ0n) is 14.3. The van der Waals surface area contributed by atoms with E-state index in [1.807, 2.05) is 10.6 Å². The summed E-state index contributed by atoms with van der Waals surface area (Å²) in [5, 5.41) is 14.3. The Morgan fingerprint density at radius 2 is 1.84 bits per heavy atom. The van der Waals surface area contributed by atoms with E-state index in [4.69, 9.17) is 5.10 Å². The summed E-state index contributed by atoms with van der Waals surface area (Å²) in [5.74, 6) is 0.864. The van der Waals surface area contributed by atoms with Gasteiger partial charge in [-0.2, -0.15) is 9.61 Å². The Labute approximate surface area is 150 Å². The first kappa shape index (κ1) is 15.9. The maximum absolute atomic E-state index is 4.73. The number of fused-ring (bicyclic) bond motifs is 1. The Morgan fingerprint density at radius 1 is 1.00 bits per heavy atom. The molecule has 0 saturated heterocycles. The second-order valence-electron chi connectivity index (χ2n) is 6.25. The lowest BCUT2D eigenvalue weighted by Crippen LogP contribution is -2.19. The maximum atomic E-state index is 4.73. The van der Waals surface area contributed by atoms with E-state index in [2.05, 4.69) is 77.6 Å². The van der Waals surface area contributed by atoms with Gasteiger partial charge in [-0.15, -0.1) is 10.2 Å². The van der Waals surface area contributed by atoms with Crippen LogP contribution in [0.4, 0.5) is 0 Å². The molecule has 2 aromatic heterocycles. The first-order valence-electron chi connectivity index (χ1n) is 8.20. The van der Waals surface area contributed by atoms with Crippen LogP contribution >= 0.6 is 11.3 Å². The van der Waals surface area contributed by atoms with Gasteiger partial charge in [0.15, 0.2) is 5.82 Å². The largest absolute Gasteiger partial charge is 0.295 e. The topological polar surface area (TPSA) is 46.3 Å². The molecule has 2 heterocycles. The van der Waals surface area contributed by atoms with Gasteiger partial charge in [0, 0.05) is 12.1 Å². The van der Waals surface area contributed by atoms with E-state index < -0.39 is 0 Å². The molecule has 4 aromatic rings. The lowest BCUT2D eigenvalue weighted by Gasteiger charge is -2.14. The smallest absolute Gasteiger partial charge is 0.235 e. The van der Waals surface area contributed by atoms with Gasteiger partial charge in [0.2, 0.25) is 4.96 Å². The van der Waals surface area contributed by atoms with Crippen LogP contribution in [-0.4, -0.2) is 31.8 Å². The van der Waals surface area contributed by atoms with Gasteiger partial charge >= 0.3 is 0 Å². The lowest BCUT2D eigenvalue weighted by atomic mass is 10.1. The molecule has 0 aliphatic carbocycles. The predicted octanol–water partition coefficient (Wildman–Crippen LogP) is 3.79. The van der Waals surface area contributed by atoms with Crippen molar-refractivity contribution in [3.05, 3.63) is 71.5 Å². The standard InChI is InChI=1S/C19H19N5S/c1-14-7-6-10-16(11-14)18-22-24-17(20-21-19(24)25-18)13-23(2)12-15-8-4-3-5-9-15/h3-11H,12-13H2,1-2H3. The maximum Gasteiger partial charge on any atom is 0.235 e. The molecule has 0 radical (unpaired) electrons. The Hall–Kier alpha value is -2.57. The van der Waals surface area contributed by atoms with Gasteiger partial charge in [0.05, 0.1) is 6.54 Å². The Bertz CT molecular complexity index is 989. The van der Waals surface area contributed by atoms with Gasteiger partial charge in [0.1, 0.15) is 5.01 Å². The molecule has 0 aliphatic heterocycles. The molecule has 0 spiro atoms. The molecule has 4 rings (SSSR count). The average molecular weight is 349 g/mol. The lowest BCUT2D eigenvalue weighted by molar-refractivity contribution is 0.308. The first-order chi connectivity index (χ1) is 12.2. The van der Waals surface area contributed by atoms with Crippen molar-refractivity contribution in [1.29, 1.82) is 0 Å². The number of rotatable bonds is 5. The minimum Gasteiger partial charge on any atom is -0.295 e. The fourth-order valence-corrected chi connectivity index (χ4v) is 3.70. The summed E-state index contributed by atoms with van der Waals surface area (Å²) in [6.07, 6.45) is 0. The van der Waals surface area contributed by atoms with E-state index in [9.17, 15) is 0 Å². The Morgan fingerprint density at radius 3 is 2.64 bits per heavy atom. The molecule has 0 amide bonds. The van der Waals surface area contributed by atoms with Crippen LogP contribution in [-0.2, 0) is 13.1 Å². The normalized spacial score (nSPS) is 11.5. The summed E-state index contributed by atoms with van der Waals surface area (Å²) in [6.45, 7) is 3.66. The number of hydrogen-bond acceptors (Lipinski definition) is 5. The molecule has 2 aromatic carbocycles. The average Bonchev–Trinajstić information content (AvgIpc) is 3.18. The summed E-state index contributed by atoms with van der Waals surface area (Å²) in [7, 11) is 2.09. The van der Waals surface area contributed by atoms with Crippen molar-refractivity contribution < 1.29 is 0 Å². The third-order valence-corrected chi connectivity index (χ3v) is 4.97. The van der Waals surface area contributed by atoms with Crippen molar-refractivity contribution in [3.8, 4) is 10.6 Å². The number of benzene rings is 2. The highest BCUT2D eigenvalue weighted by Gasteiger charge is 2.14. The third kappa shape index (κ3) is 3.45. The molecular formula is C19H19N5S. The molecule has 0 N–H and O–H groups in total. The van der Waals surface area contributed by atoms with Crippen molar-refractivity contribution in [2.75, 3.05) is 7.05 Å². The van der Waals surface area contributed by atoms with Crippen LogP contribution in [0.3, 0.4) is 0 Å². The van der Waals surface area contributed by atoms with Gasteiger partial charge in [-0.1, -0.05) is 65.4 Å². The van der Waals surface area contributed by atoms with Gasteiger partial charge in [0.25, 0.3) is 0 Å². The molecule has 0 unspecified atom stereocenters. The van der Waals surface area contributed by atoms with Crippen LogP contribution < -0.4 is 0 Å². The number of hydrogen-bond donors (Lipinski definition) is 0. The first-order valence-corrected chi connectivity index (χ1v) is 9.01. The van der Waals surface area contributed by atoms with Crippen molar-refractivity contribution in [1.82, 2.24) is 24.7 Å². The van der Waals surface area contributed by atoms with E-state index in [-0.39, 0.29) is 0 Å². The Kier molecular flexibility index (Phi) is 4.29. The molecule has 25 heavy (non-hydrogen) atoms. The Balaban J connectivity index is 1.56. The van der Waals surface area contributed by atoms with Crippen molar-refractivity contribution in [2.45, 2.75) is 20.0 Å². The highest BCUT2D eigenvalue weighted by molar-refractivity contribution is 7.19. The fraction of sp³-hybridized carbons (Fsp3) is 0.211. The van der Waals surface area contributed by atoms with Crippen LogP contribution in [0.5, 0.6) is 0 Å². The monoisotopic (exact) mass is 349 g/mol. The second kappa shape index (κ2) is 6.74. The zero-order valence-corrected chi connectivity index (χ0v) is 15.1.